The number of fused-ring (bicyclic) bond motifs is 1. The molecule has 0 radical (unpaired) electrons. The van der Waals surface area contributed by atoms with Gasteiger partial charge in [0, 0.05) is 33.0 Å². The molecule has 7 nitrogen and oxygen atoms in total. The van der Waals surface area contributed by atoms with Gasteiger partial charge in [-0.25, -0.2) is 9.48 Å². The van der Waals surface area contributed by atoms with Crippen LogP contribution in [0.1, 0.15) is 18.7 Å². The Labute approximate surface area is 146 Å². The number of aryl methyl sites for hydroxylation is 1. The van der Waals surface area contributed by atoms with Crippen LogP contribution < -0.4 is 10.4 Å². The summed E-state index contributed by atoms with van der Waals surface area (Å²) in [5.41, 5.74) is -0.121. The first-order valence-corrected chi connectivity index (χ1v) is 8.62. The normalized spacial score (nSPS) is 16.8. The number of nitrogens with zero attached hydrogens (tertiary/aromatic N) is 4. The SMILES string of the molecule is CN(C)C(=O)C1CCc2nn(CCOc3ccccc3)c(=O)n2CC1. The molecule has 0 saturated carbocycles. The van der Waals surface area contributed by atoms with Crippen LogP contribution in [-0.4, -0.2) is 45.9 Å². The maximum absolute atomic E-state index is 12.5. The van der Waals surface area contributed by atoms with Crippen LogP contribution in [0.25, 0.3) is 0 Å². The van der Waals surface area contributed by atoms with Gasteiger partial charge in [-0.15, -0.1) is 0 Å². The van der Waals surface area contributed by atoms with Gasteiger partial charge in [0.2, 0.25) is 5.91 Å². The summed E-state index contributed by atoms with van der Waals surface area (Å²) in [6.45, 7) is 1.34. The molecule has 3 rings (SSSR count). The Hall–Kier alpha value is -2.57. The molecule has 0 bridgehead atoms. The minimum atomic E-state index is -0.121. The number of ether oxygens (including phenoxy) is 1. The van der Waals surface area contributed by atoms with Crippen LogP contribution in [0.3, 0.4) is 0 Å². The second-order valence-corrected chi connectivity index (χ2v) is 6.49. The molecule has 134 valence electrons. The van der Waals surface area contributed by atoms with Gasteiger partial charge >= 0.3 is 5.69 Å². The van der Waals surface area contributed by atoms with Crippen molar-refractivity contribution in [3.63, 3.8) is 0 Å². The van der Waals surface area contributed by atoms with Gasteiger partial charge < -0.3 is 9.64 Å². The quantitative estimate of drug-likeness (QED) is 0.816. The number of carbonyl (C=O) groups is 1. The number of amides is 1. The smallest absolute Gasteiger partial charge is 0.346 e. The molecule has 0 fully saturated rings. The van der Waals surface area contributed by atoms with Gasteiger partial charge in [-0.2, -0.15) is 5.10 Å². The van der Waals surface area contributed by atoms with Crippen molar-refractivity contribution in [1.82, 2.24) is 19.2 Å². The summed E-state index contributed by atoms with van der Waals surface area (Å²) in [5.74, 6) is 1.63. The number of para-hydroxylation sites is 1. The first-order chi connectivity index (χ1) is 12.1. The summed E-state index contributed by atoms with van der Waals surface area (Å²) in [7, 11) is 3.54. The number of hydrogen-bond donors (Lipinski definition) is 0. The van der Waals surface area contributed by atoms with Crippen LogP contribution in [0, 0.1) is 5.92 Å². The lowest BCUT2D eigenvalue weighted by molar-refractivity contribution is -0.133. The van der Waals surface area contributed by atoms with E-state index in [4.69, 9.17) is 4.74 Å². The summed E-state index contributed by atoms with van der Waals surface area (Å²) in [6, 6.07) is 9.51. The lowest BCUT2D eigenvalue weighted by Gasteiger charge is -2.18. The zero-order chi connectivity index (χ0) is 17.8. The molecular weight excluding hydrogens is 320 g/mol. The molecule has 1 aromatic heterocycles. The zero-order valence-corrected chi connectivity index (χ0v) is 14.7. The van der Waals surface area contributed by atoms with Crippen LogP contribution in [0.15, 0.2) is 35.1 Å². The highest BCUT2D eigenvalue weighted by atomic mass is 16.5. The summed E-state index contributed by atoms with van der Waals surface area (Å²) in [5, 5.41) is 4.44. The minimum absolute atomic E-state index is 0.0361. The fourth-order valence-corrected chi connectivity index (χ4v) is 3.15. The molecule has 1 unspecified atom stereocenters. The van der Waals surface area contributed by atoms with Crippen molar-refractivity contribution in [2.24, 2.45) is 5.92 Å². The van der Waals surface area contributed by atoms with Crippen molar-refractivity contribution in [2.75, 3.05) is 20.7 Å². The molecule has 0 spiro atoms. The molecule has 0 N–H and O–H groups in total. The summed E-state index contributed by atoms with van der Waals surface area (Å²) < 4.78 is 8.80. The summed E-state index contributed by atoms with van der Waals surface area (Å²) >= 11 is 0. The van der Waals surface area contributed by atoms with E-state index in [2.05, 4.69) is 5.10 Å². The van der Waals surface area contributed by atoms with Crippen LogP contribution >= 0.6 is 0 Å². The maximum atomic E-state index is 12.5. The Kier molecular flexibility index (Phi) is 5.21. The van der Waals surface area contributed by atoms with Gasteiger partial charge in [0.15, 0.2) is 0 Å². The average molecular weight is 344 g/mol. The predicted molar refractivity (Wildman–Crippen MR) is 93.5 cm³/mol. The Morgan fingerprint density at radius 2 is 2.04 bits per heavy atom. The van der Waals surface area contributed by atoms with E-state index in [1.165, 1.54) is 4.68 Å². The number of benzene rings is 1. The van der Waals surface area contributed by atoms with Gasteiger partial charge in [0.1, 0.15) is 18.2 Å². The summed E-state index contributed by atoms with van der Waals surface area (Å²) in [6.07, 6.45) is 2.05. The lowest BCUT2D eigenvalue weighted by Crippen LogP contribution is -2.31. The maximum Gasteiger partial charge on any atom is 0.346 e. The molecule has 2 aromatic rings. The van der Waals surface area contributed by atoms with E-state index in [1.54, 1.807) is 23.6 Å². The topological polar surface area (TPSA) is 69.4 Å². The van der Waals surface area contributed by atoms with E-state index in [1.807, 2.05) is 30.3 Å². The number of carbonyl (C=O) groups excluding carboxylic acids is 1. The van der Waals surface area contributed by atoms with E-state index in [9.17, 15) is 9.59 Å². The van der Waals surface area contributed by atoms with Crippen LogP contribution in [0.4, 0.5) is 0 Å². The van der Waals surface area contributed by atoms with Crippen LogP contribution in [-0.2, 0) is 24.3 Å². The van der Waals surface area contributed by atoms with Gasteiger partial charge in [0.05, 0.1) is 6.54 Å². The predicted octanol–water partition coefficient (Wildman–Crippen LogP) is 1.16. The standard InChI is InChI=1S/C18H24N4O3/c1-20(2)17(23)14-8-9-16-19-22(18(24)21(16)11-10-14)12-13-25-15-6-4-3-5-7-15/h3-7,14H,8-13H2,1-2H3. The molecule has 1 aliphatic rings. The second kappa shape index (κ2) is 7.55. The van der Waals surface area contributed by atoms with Crippen molar-refractivity contribution < 1.29 is 9.53 Å². The van der Waals surface area contributed by atoms with Crippen molar-refractivity contribution in [3.05, 3.63) is 46.6 Å². The molecule has 25 heavy (non-hydrogen) atoms. The molecule has 0 aliphatic carbocycles. The molecule has 1 atom stereocenters. The lowest BCUT2D eigenvalue weighted by atomic mass is 9.99. The Morgan fingerprint density at radius 3 is 2.76 bits per heavy atom. The molecule has 1 aliphatic heterocycles. The third kappa shape index (κ3) is 3.92. The average Bonchev–Trinajstić information content (AvgIpc) is 2.79. The largest absolute Gasteiger partial charge is 0.492 e. The third-order valence-corrected chi connectivity index (χ3v) is 4.52. The Balaban J connectivity index is 1.62. The fourth-order valence-electron chi connectivity index (χ4n) is 3.15. The van der Waals surface area contributed by atoms with Gasteiger partial charge in [-0.05, 0) is 25.0 Å². The van der Waals surface area contributed by atoms with Gasteiger partial charge in [-0.3, -0.25) is 9.36 Å². The second-order valence-electron chi connectivity index (χ2n) is 6.49. The number of hydrogen-bond acceptors (Lipinski definition) is 4. The van der Waals surface area contributed by atoms with Crippen LogP contribution in [0.2, 0.25) is 0 Å². The minimum Gasteiger partial charge on any atom is -0.492 e. The van der Waals surface area contributed by atoms with Gasteiger partial charge in [-0.1, -0.05) is 18.2 Å². The van der Waals surface area contributed by atoms with Crippen molar-refractivity contribution >= 4 is 5.91 Å². The third-order valence-electron chi connectivity index (χ3n) is 4.52. The zero-order valence-electron chi connectivity index (χ0n) is 14.7. The first-order valence-electron chi connectivity index (χ1n) is 8.62. The monoisotopic (exact) mass is 344 g/mol. The highest BCUT2D eigenvalue weighted by Crippen LogP contribution is 2.19. The highest BCUT2D eigenvalue weighted by molar-refractivity contribution is 5.78. The molecule has 2 heterocycles. The Morgan fingerprint density at radius 1 is 1.28 bits per heavy atom. The fraction of sp³-hybridized carbons (Fsp3) is 0.500. The first kappa shape index (κ1) is 17.3. The van der Waals surface area contributed by atoms with E-state index in [0.29, 0.717) is 32.5 Å². The van der Waals surface area contributed by atoms with Gasteiger partial charge in [0.25, 0.3) is 0 Å². The molecule has 1 amide bonds. The molecule has 0 saturated heterocycles. The summed E-state index contributed by atoms with van der Waals surface area (Å²) in [4.78, 5) is 26.3. The van der Waals surface area contributed by atoms with E-state index >= 15 is 0 Å². The number of aromatic nitrogens is 3. The molecule has 7 heteroatoms. The Bertz CT molecular complexity index is 779. The van der Waals surface area contributed by atoms with Crippen molar-refractivity contribution in [1.29, 1.82) is 0 Å². The van der Waals surface area contributed by atoms with Crippen molar-refractivity contribution in [3.8, 4) is 5.75 Å². The highest BCUT2D eigenvalue weighted by Gasteiger charge is 2.26. The van der Waals surface area contributed by atoms with E-state index in [0.717, 1.165) is 18.0 Å². The van der Waals surface area contributed by atoms with Crippen molar-refractivity contribution in [2.45, 2.75) is 32.4 Å². The van der Waals surface area contributed by atoms with E-state index in [-0.39, 0.29) is 17.5 Å². The van der Waals surface area contributed by atoms with Crippen LogP contribution in [0.5, 0.6) is 5.75 Å². The number of rotatable bonds is 5. The molecular formula is C18H24N4O3. The van der Waals surface area contributed by atoms with E-state index < -0.39 is 0 Å². The molecule has 1 aromatic carbocycles.